The number of esters is 1. The van der Waals surface area contributed by atoms with Gasteiger partial charge in [-0.15, -0.1) is 0 Å². The molecule has 0 fully saturated rings. The van der Waals surface area contributed by atoms with Crippen LogP contribution in [0.15, 0.2) is 12.3 Å². The van der Waals surface area contributed by atoms with E-state index in [2.05, 4.69) is 11.3 Å². The zero-order chi connectivity index (χ0) is 6.57. The lowest BCUT2D eigenvalue weighted by Gasteiger charge is -1.96. The summed E-state index contributed by atoms with van der Waals surface area (Å²) in [7, 11) is 0. The topological polar surface area (TPSA) is 26.3 Å². The summed E-state index contributed by atoms with van der Waals surface area (Å²) in [6.07, 6.45) is 0. The maximum atomic E-state index is 10.3. The third-order valence-electron chi connectivity index (χ3n) is 0.397. The Hall–Kier alpha value is -0.0600. The zero-order valence-electron chi connectivity index (χ0n) is 4.61. The predicted octanol–water partition coefficient (Wildman–Crippen LogP) is 1.50. The van der Waals surface area contributed by atoms with Gasteiger partial charge in [-0.2, -0.15) is 0 Å². The first-order valence-electron chi connectivity index (χ1n) is 2.09. The lowest BCUT2D eigenvalue weighted by Crippen LogP contribution is -2.01. The van der Waals surface area contributed by atoms with Gasteiger partial charge >= 0.3 is 5.97 Å². The number of hydrogen-bond donors (Lipinski definition) is 0. The molecule has 0 saturated carbocycles. The van der Waals surface area contributed by atoms with E-state index in [-0.39, 0.29) is 5.97 Å². The number of hydrogen-bond acceptors (Lipinski definition) is 2. The smallest absolute Gasteiger partial charge is 0.320 e. The summed E-state index contributed by atoms with van der Waals surface area (Å²) in [5.41, 5.74) is 0. The Morgan fingerprint density at radius 3 is 2.50 bits per heavy atom. The average molecular weight is 226 g/mol. The third kappa shape index (κ3) is 4.11. The normalized spacial score (nSPS) is 8.25. The van der Waals surface area contributed by atoms with Crippen LogP contribution in [-0.4, -0.2) is 10.4 Å². The highest BCUT2D eigenvalue weighted by molar-refractivity contribution is 14.1. The van der Waals surface area contributed by atoms with Gasteiger partial charge in [0.2, 0.25) is 0 Å². The van der Waals surface area contributed by atoms with Crippen molar-refractivity contribution in [3.63, 3.8) is 0 Å². The van der Waals surface area contributed by atoms with Crippen LogP contribution in [0, 0.1) is 0 Å². The fraction of sp³-hybridized carbons (Fsp3) is 0.400. The lowest BCUT2D eigenvalue weighted by atomic mass is 10.6. The van der Waals surface area contributed by atoms with Crippen LogP contribution < -0.4 is 0 Å². The highest BCUT2D eigenvalue weighted by Crippen LogP contribution is 1.93. The van der Waals surface area contributed by atoms with Crippen molar-refractivity contribution >= 4 is 28.6 Å². The number of rotatable bonds is 2. The number of ether oxygens (including phenoxy) is 1. The second-order valence-electron chi connectivity index (χ2n) is 1.31. The van der Waals surface area contributed by atoms with E-state index in [4.69, 9.17) is 0 Å². The van der Waals surface area contributed by atoms with Crippen LogP contribution in [0.4, 0.5) is 0 Å². The maximum Gasteiger partial charge on any atom is 0.320 e. The summed E-state index contributed by atoms with van der Waals surface area (Å²) in [5, 5.41) is 0. The molecule has 0 saturated heterocycles. The first-order valence-corrected chi connectivity index (χ1v) is 3.61. The highest BCUT2D eigenvalue weighted by atomic mass is 127. The van der Waals surface area contributed by atoms with E-state index in [1.165, 1.54) is 0 Å². The molecule has 8 heavy (non-hydrogen) atoms. The van der Waals surface area contributed by atoms with Gasteiger partial charge in [0.05, 0.1) is 10.2 Å². The second kappa shape index (κ2) is 3.88. The highest BCUT2D eigenvalue weighted by Gasteiger charge is 1.96. The van der Waals surface area contributed by atoms with Gasteiger partial charge in [0, 0.05) is 0 Å². The zero-order valence-corrected chi connectivity index (χ0v) is 6.77. The Kier molecular flexibility index (Phi) is 3.85. The fourth-order valence-electron chi connectivity index (χ4n) is 0.222. The average Bonchev–Trinajstić information content (AvgIpc) is 1.65. The predicted molar refractivity (Wildman–Crippen MR) is 39.8 cm³/mol. The Bertz CT molecular complexity index is 109. The van der Waals surface area contributed by atoms with Crippen molar-refractivity contribution in [1.82, 2.24) is 0 Å². The summed E-state index contributed by atoms with van der Waals surface area (Å²) in [6, 6.07) is 0. The van der Waals surface area contributed by atoms with E-state index in [9.17, 15) is 4.79 Å². The molecular formula is C5H7IO2. The Labute approximate surface area is 62.0 Å². The molecule has 0 aliphatic heterocycles. The molecule has 0 amide bonds. The third-order valence-corrected chi connectivity index (χ3v) is 1.02. The van der Waals surface area contributed by atoms with Crippen molar-refractivity contribution in [1.29, 1.82) is 0 Å². The van der Waals surface area contributed by atoms with Crippen LogP contribution in [-0.2, 0) is 9.53 Å². The number of carbonyl (C=O) groups excluding carboxylic acids is 1. The number of halogens is 1. The van der Waals surface area contributed by atoms with Crippen LogP contribution in [0.25, 0.3) is 0 Å². The Morgan fingerprint density at radius 1 is 1.88 bits per heavy atom. The Balaban J connectivity index is 3.40. The van der Waals surface area contributed by atoms with Gasteiger partial charge in [0.25, 0.3) is 0 Å². The molecule has 0 rings (SSSR count). The molecule has 0 atom stereocenters. The minimum absolute atomic E-state index is 0.238. The quantitative estimate of drug-likeness (QED) is 0.308. The van der Waals surface area contributed by atoms with Crippen molar-refractivity contribution in [3.8, 4) is 0 Å². The molecule has 0 aliphatic rings. The van der Waals surface area contributed by atoms with E-state index in [0.29, 0.717) is 10.2 Å². The molecule has 0 aromatic rings. The molecule has 2 nitrogen and oxygen atoms in total. The maximum absolute atomic E-state index is 10.3. The second-order valence-corrected chi connectivity index (χ2v) is 2.07. The fourth-order valence-corrected chi connectivity index (χ4v) is 0.377. The minimum atomic E-state index is -0.238. The van der Waals surface area contributed by atoms with Crippen LogP contribution in [0.2, 0.25) is 0 Å². The minimum Gasteiger partial charge on any atom is -0.431 e. The first-order chi connectivity index (χ1) is 3.66. The molecular weight excluding hydrogens is 219 g/mol. The van der Waals surface area contributed by atoms with Crippen LogP contribution in [0.5, 0.6) is 0 Å². The molecule has 3 heteroatoms. The van der Waals surface area contributed by atoms with Crippen molar-refractivity contribution in [2.75, 3.05) is 4.43 Å². The Morgan fingerprint density at radius 2 is 2.38 bits per heavy atom. The summed E-state index contributed by atoms with van der Waals surface area (Å²) in [5.74, 6) is 0.213. The molecule has 0 aliphatic carbocycles. The molecule has 0 aromatic heterocycles. The number of allylic oxidation sites excluding steroid dienone is 1. The number of alkyl halides is 1. The molecule has 46 valence electrons. The van der Waals surface area contributed by atoms with E-state index in [1.807, 2.05) is 22.6 Å². The van der Waals surface area contributed by atoms with Gasteiger partial charge in [-0.1, -0.05) is 29.2 Å². The molecule has 0 aromatic carbocycles. The molecule has 0 unspecified atom stereocenters. The van der Waals surface area contributed by atoms with Crippen molar-refractivity contribution < 1.29 is 9.53 Å². The van der Waals surface area contributed by atoms with Crippen molar-refractivity contribution in [2.24, 2.45) is 0 Å². The van der Waals surface area contributed by atoms with Crippen LogP contribution in [0.1, 0.15) is 6.92 Å². The standard InChI is InChI=1S/C5H7IO2/c1-4(2)8-5(7)3-6/h1,3H2,2H3. The van der Waals surface area contributed by atoms with E-state index in [1.54, 1.807) is 6.92 Å². The van der Waals surface area contributed by atoms with Gasteiger partial charge in [0.15, 0.2) is 0 Å². The molecule has 0 spiro atoms. The molecule has 0 bridgehead atoms. The molecule has 0 radical (unpaired) electrons. The summed E-state index contributed by atoms with van der Waals surface area (Å²) in [6.45, 7) is 5.04. The van der Waals surface area contributed by atoms with Gasteiger partial charge in [-0.3, -0.25) is 4.79 Å². The van der Waals surface area contributed by atoms with Crippen molar-refractivity contribution in [2.45, 2.75) is 6.92 Å². The van der Waals surface area contributed by atoms with E-state index in [0.717, 1.165) is 0 Å². The van der Waals surface area contributed by atoms with Gasteiger partial charge in [-0.05, 0) is 6.92 Å². The number of carbonyl (C=O) groups is 1. The molecule has 0 N–H and O–H groups in total. The largest absolute Gasteiger partial charge is 0.431 e. The summed E-state index contributed by atoms with van der Waals surface area (Å²) in [4.78, 5) is 10.3. The van der Waals surface area contributed by atoms with Crippen LogP contribution >= 0.6 is 22.6 Å². The summed E-state index contributed by atoms with van der Waals surface area (Å²) >= 11 is 1.93. The van der Waals surface area contributed by atoms with Crippen LogP contribution in [0.3, 0.4) is 0 Å². The van der Waals surface area contributed by atoms with Crippen molar-refractivity contribution in [3.05, 3.63) is 12.3 Å². The first kappa shape index (κ1) is 7.94. The van der Waals surface area contributed by atoms with Gasteiger partial charge < -0.3 is 4.74 Å². The SMILES string of the molecule is C=C(C)OC(=O)CI. The van der Waals surface area contributed by atoms with Gasteiger partial charge in [0.1, 0.15) is 0 Å². The van der Waals surface area contributed by atoms with E-state index < -0.39 is 0 Å². The monoisotopic (exact) mass is 226 g/mol. The van der Waals surface area contributed by atoms with E-state index >= 15 is 0 Å². The lowest BCUT2D eigenvalue weighted by molar-refractivity contribution is -0.135. The van der Waals surface area contributed by atoms with Gasteiger partial charge in [-0.25, -0.2) is 0 Å². The summed E-state index contributed by atoms with van der Waals surface area (Å²) < 4.78 is 4.94. The molecule has 0 heterocycles.